The van der Waals surface area contributed by atoms with Gasteiger partial charge in [0.1, 0.15) is 5.56 Å². The number of anilines is 4. The van der Waals surface area contributed by atoms with Crippen LogP contribution in [0.25, 0.3) is 0 Å². The molecule has 12 heteroatoms. The highest BCUT2D eigenvalue weighted by Gasteiger charge is 2.37. The average molecular weight is 500 g/mol. The smallest absolute Gasteiger partial charge is 0.421 e. The SMILES string of the molecule is CCOC(=O)CCN(c1cccnc1)c1nc(Nc2ccc(Cl)c(Cl)c2)ncc1C(F)(F)F. The van der Waals surface area contributed by atoms with Gasteiger partial charge in [-0.15, -0.1) is 0 Å². The molecule has 3 rings (SSSR count). The average Bonchev–Trinajstić information content (AvgIpc) is 2.77. The van der Waals surface area contributed by atoms with E-state index >= 15 is 0 Å². The number of carbonyl (C=O) groups excluding carboxylic acids is 1. The highest BCUT2D eigenvalue weighted by molar-refractivity contribution is 6.42. The molecule has 2 aromatic heterocycles. The van der Waals surface area contributed by atoms with Gasteiger partial charge in [0.25, 0.3) is 0 Å². The summed E-state index contributed by atoms with van der Waals surface area (Å²) in [5.74, 6) is -1.11. The van der Waals surface area contributed by atoms with Gasteiger partial charge in [-0.1, -0.05) is 23.2 Å². The van der Waals surface area contributed by atoms with Crippen molar-refractivity contribution in [1.29, 1.82) is 0 Å². The zero-order valence-corrected chi connectivity index (χ0v) is 18.7. The molecule has 2 heterocycles. The predicted octanol–water partition coefficient (Wildman–Crippen LogP) is 6.03. The molecule has 0 unspecified atom stereocenters. The maximum atomic E-state index is 13.8. The molecular formula is C21H18Cl2F3N5O2. The van der Waals surface area contributed by atoms with Crippen LogP contribution in [-0.2, 0) is 15.7 Å². The summed E-state index contributed by atoms with van der Waals surface area (Å²) in [6.07, 6.45) is -1.38. The lowest BCUT2D eigenvalue weighted by Crippen LogP contribution is -2.26. The van der Waals surface area contributed by atoms with Crippen LogP contribution in [0.3, 0.4) is 0 Å². The Morgan fingerprint density at radius 2 is 1.97 bits per heavy atom. The predicted molar refractivity (Wildman–Crippen MR) is 119 cm³/mol. The summed E-state index contributed by atoms with van der Waals surface area (Å²) >= 11 is 11.9. The van der Waals surface area contributed by atoms with E-state index in [4.69, 9.17) is 27.9 Å². The molecule has 0 bridgehead atoms. The molecule has 7 nitrogen and oxygen atoms in total. The summed E-state index contributed by atoms with van der Waals surface area (Å²) in [7, 11) is 0. The highest BCUT2D eigenvalue weighted by atomic mass is 35.5. The Hall–Kier alpha value is -3.11. The van der Waals surface area contributed by atoms with Gasteiger partial charge in [0, 0.05) is 24.6 Å². The zero-order valence-electron chi connectivity index (χ0n) is 17.2. The minimum Gasteiger partial charge on any atom is -0.466 e. The van der Waals surface area contributed by atoms with E-state index in [2.05, 4.69) is 20.3 Å². The second-order valence-electron chi connectivity index (χ2n) is 6.60. The van der Waals surface area contributed by atoms with Gasteiger partial charge in [-0.3, -0.25) is 9.78 Å². The number of carbonyl (C=O) groups is 1. The number of nitrogens with zero attached hydrogens (tertiary/aromatic N) is 4. The minimum atomic E-state index is -4.75. The van der Waals surface area contributed by atoms with Crippen molar-refractivity contribution in [3.8, 4) is 0 Å². The van der Waals surface area contributed by atoms with Gasteiger partial charge in [0.05, 0.1) is 35.0 Å². The van der Waals surface area contributed by atoms with Gasteiger partial charge in [-0.2, -0.15) is 18.2 Å². The van der Waals surface area contributed by atoms with Crippen molar-refractivity contribution in [1.82, 2.24) is 15.0 Å². The number of hydrogen-bond donors (Lipinski definition) is 1. The van der Waals surface area contributed by atoms with Crippen LogP contribution in [0.5, 0.6) is 0 Å². The molecular weight excluding hydrogens is 482 g/mol. The van der Waals surface area contributed by atoms with Crippen molar-refractivity contribution >= 4 is 52.3 Å². The maximum absolute atomic E-state index is 13.8. The molecule has 1 N–H and O–H groups in total. The second-order valence-corrected chi connectivity index (χ2v) is 7.41. The van der Waals surface area contributed by atoms with Crippen LogP contribution < -0.4 is 10.2 Å². The van der Waals surface area contributed by atoms with Crippen LogP contribution in [0.15, 0.2) is 48.9 Å². The summed E-state index contributed by atoms with van der Waals surface area (Å²) < 4.78 is 46.4. The van der Waals surface area contributed by atoms with Crippen molar-refractivity contribution < 1.29 is 22.7 Å². The number of esters is 1. The molecule has 3 aromatic rings. The van der Waals surface area contributed by atoms with Gasteiger partial charge in [0.2, 0.25) is 5.95 Å². The van der Waals surface area contributed by atoms with Crippen molar-refractivity contribution in [2.75, 3.05) is 23.4 Å². The molecule has 0 radical (unpaired) electrons. The summed E-state index contributed by atoms with van der Waals surface area (Å²) in [6, 6.07) is 7.72. The first kappa shape index (κ1) is 24.5. The molecule has 0 spiro atoms. The molecule has 0 aliphatic rings. The van der Waals surface area contributed by atoms with Crippen molar-refractivity contribution in [2.24, 2.45) is 0 Å². The Kier molecular flexibility index (Phi) is 7.93. The van der Waals surface area contributed by atoms with Gasteiger partial charge in [-0.05, 0) is 37.3 Å². The Labute approximate surface area is 197 Å². The molecule has 0 aliphatic carbocycles. The van der Waals surface area contributed by atoms with Crippen LogP contribution in [0, 0.1) is 0 Å². The van der Waals surface area contributed by atoms with Crippen molar-refractivity contribution in [2.45, 2.75) is 19.5 Å². The molecule has 33 heavy (non-hydrogen) atoms. The number of aromatic nitrogens is 3. The van der Waals surface area contributed by atoms with E-state index in [1.807, 2.05) is 0 Å². The third kappa shape index (κ3) is 6.45. The maximum Gasteiger partial charge on any atom is 0.421 e. The number of benzene rings is 1. The third-order valence-corrected chi connectivity index (χ3v) is 5.05. The minimum absolute atomic E-state index is 0.110. The summed E-state index contributed by atoms with van der Waals surface area (Å²) in [6.45, 7) is 1.67. The van der Waals surface area contributed by atoms with E-state index in [1.165, 1.54) is 29.4 Å². The van der Waals surface area contributed by atoms with E-state index in [0.717, 1.165) is 0 Å². The van der Waals surface area contributed by atoms with Gasteiger partial charge < -0.3 is 15.0 Å². The van der Waals surface area contributed by atoms with Crippen molar-refractivity contribution in [3.05, 3.63) is 64.5 Å². The lowest BCUT2D eigenvalue weighted by molar-refractivity contribution is -0.142. The second kappa shape index (κ2) is 10.7. The number of pyridine rings is 1. The van der Waals surface area contributed by atoms with Gasteiger partial charge in [0.15, 0.2) is 5.82 Å². The topological polar surface area (TPSA) is 80.2 Å². The third-order valence-electron chi connectivity index (χ3n) is 4.31. The number of alkyl halides is 3. The Morgan fingerprint density at radius 3 is 2.61 bits per heavy atom. The first-order valence-electron chi connectivity index (χ1n) is 9.68. The molecule has 0 fully saturated rings. The molecule has 0 aliphatic heterocycles. The monoisotopic (exact) mass is 499 g/mol. The normalized spacial score (nSPS) is 11.2. The van der Waals surface area contributed by atoms with Crippen LogP contribution in [-0.4, -0.2) is 34.1 Å². The zero-order chi connectivity index (χ0) is 24.0. The van der Waals surface area contributed by atoms with E-state index in [9.17, 15) is 18.0 Å². The summed E-state index contributed by atoms with van der Waals surface area (Å²) in [5.41, 5.74) is -0.337. The Balaban J connectivity index is 2.04. The van der Waals surface area contributed by atoms with Crippen molar-refractivity contribution in [3.63, 3.8) is 0 Å². The van der Waals surface area contributed by atoms with E-state index in [1.54, 1.807) is 25.1 Å². The fourth-order valence-electron chi connectivity index (χ4n) is 2.85. The van der Waals surface area contributed by atoms with Crippen LogP contribution in [0.1, 0.15) is 18.9 Å². The summed E-state index contributed by atoms with van der Waals surface area (Å²) in [4.78, 5) is 25.0. The van der Waals surface area contributed by atoms with E-state index < -0.39 is 23.5 Å². The van der Waals surface area contributed by atoms with Crippen LogP contribution in [0.2, 0.25) is 10.0 Å². The lowest BCUT2D eigenvalue weighted by atomic mass is 10.2. The number of hydrogen-bond acceptors (Lipinski definition) is 7. The first-order valence-corrected chi connectivity index (χ1v) is 10.4. The largest absolute Gasteiger partial charge is 0.466 e. The fourth-order valence-corrected chi connectivity index (χ4v) is 3.15. The number of nitrogens with one attached hydrogen (secondary N) is 1. The number of halogens is 5. The molecule has 1 aromatic carbocycles. The summed E-state index contributed by atoms with van der Waals surface area (Å²) in [5, 5.41) is 3.38. The van der Waals surface area contributed by atoms with Crippen LogP contribution in [0.4, 0.5) is 36.3 Å². The lowest BCUT2D eigenvalue weighted by Gasteiger charge is -2.26. The molecule has 0 saturated heterocycles. The molecule has 174 valence electrons. The number of ether oxygens (including phenoxy) is 1. The Morgan fingerprint density at radius 1 is 1.18 bits per heavy atom. The Bertz CT molecular complexity index is 1120. The first-order chi connectivity index (χ1) is 15.7. The highest BCUT2D eigenvalue weighted by Crippen LogP contribution is 2.38. The van der Waals surface area contributed by atoms with Gasteiger partial charge >= 0.3 is 12.1 Å². The molecule has 0 amide bonds. The van der Waals surface area contributed by atoms with E-state index in [0.29, 0.717) is 22.6 Å². The van der Waals surface area contributed by atoms with Crippen LogP contribution >= 0.6 is 23.2 Å². The standard InChI is InChI=1S/C21H18Cl2F3N5O2/c1-2-33-18(32)7-9-31(14-4-3-8-27-11-14)19-15(21(24,25)26)12-28-20(30-19)29-13-5-6-16(22)17(23)10-13/h3-6,8,10-12H,2,7,9H2,1H3,(H,28,29,30). The fraction of sp³-hybridized carbons (Fsp3) is 0.238. The number of rotatable bonds is 8. The van der Waals surface area contributed by atoms with E-state index in [-0.39, 0.29) is 30.5 Å². The van der Waals surface area contributed by atoms with Gasteiger partial charge in [-0.25, -0.2) is 4.98 Å². The molecule has 0 atom stereocenters. The quantitative estimate of drug-likeness (QED) is 0.378. The molecule has 0 saturated carbocycles.